The van der Waals surface area contributed by atoms with Crippen LogP contribution in [0.4, 0.5) is 0 Å². The fourth-order valence-corrected chi connectivity index (χ4v) is 1.71. The Labute approximate surface area is 89.7 Å². The maximum Gasteiger partial charge on any atom is 0.340 e. The summed E-state index contributed by atoms with van der Waals surface area (Å²) in [4.78, 5) is 18.7. The first-order valence-corrected chi connectivity index (χ1v) is 4.55. The Bertz CT molecular complexity index is 562. The fraction of sp³-hybridized carbons (Fsp3) is 0.222. The van der Waals surface area contributed by atoms with E-state index in [9.17, 15) is 4.79 Å². The monoisotopic (exact) mass is 226 g/mol. The molecule has 0 amide bonds. The predicted octanol–water partition coefficient (Wildman–Crippen LogP) is 2.19. The van der Waals surface area contributed by atoms with Crippen LogP contribution >= 0.6 is 11.6 Å². The third kappa shape index (κ3) is 1.45. The molecule has 2 heterocycles. The minimum atomic E-state index is -1.06. The van der Waals surface area contributed by atoms with Gasteiger partial charge in [0, 0.05) is 0 Å². The largest absolute Gasteiger partial charge is 0.478 e. The molecule has 0 aliphatic heterocycles. The number of carbonyl (C=O) groups is 1. The van der Waals surface area contributed by atoms with Crippen LogP contribution in [0.2, 0.25) is 5.28 Å². The second-order valence-electron chi connectivity index (χ2n) is 3.10. The summed E-state index contributed by atoms with van der Waals surface area (Å²) in [6.07, 6.45) is 0. The van der Waals surface area contributed by atoms with Crippen LogP contribution in [0, 0.1) is 13.8 Å². The number of rotatable bonds is 1. The minimum Gasteiger partial charge on any atom is -0.478 e. The summed E-state index contributed by atoms with van der Waals surface area (Å²) < 4.78 is 5.21. The second-order valence-corrected chi connectivity index (χ2v) is 3.43. The van der Waals surface area contributed by atoms with Crippen molar-refractivity contribution in [1.82, 2.24) is 9.97 Å². The molecule has 0 aliphatic rings. The lowest BCUT2D eigenvalue weighted by molar-refractivity contribution is 0.0697. The number of aryl methyl sites for hydroxylation is 2. The summed E-state index contributed by atoms with van der Waals surface area (Å²) in [7, 11) is 0. The average molecular weight is 227 g/mol. The van der Waals surface area contributed by atoms with E-state index in [1.807, 2.05) is 0 Å². The molecule has 5 nitrogen and oxygen atoms in total. The molecule has 0 bridgehead atoms. The average Bonchev–Trinajstić information content (AvgIpc) is 2.40. The van der Waals surface area contributed by atoms with Gasteiger partial charge in [0.1, 0.15) is 11.3 Å². The molecule has 2 aromatic rings. The Balaban J connectivity index is 2.93. The van der Waals surface area contributed by atoms with Crippen molar-refractivity contribution in [2.24, 2.45) is 0 Å². The topological polar surface area (TPSA) is 76.2 Å². The van der Waals surface area contributed by atoms with Gasteiger partial charge >= 0.3 is 5.97 Å². The van der Waals surface area contributed by atoms with Gasteiger partial charge < -0.3 is 9.52 Å². The van der Waals surface area contributed by atoms with Gasteiger partial charge in [-0.1, -0.05) is 0 Å². The molecule has 6 heteroatoms. The lowest BCUT2D eigenvalue weighted by Gasteiger charge is -1.95. The first-order valence-electron chi connectivity index (χ1n) is 4.17. The van der Waals surface area contributed by atoms with Gasteiger partial charge in [0.2, 0.25) is 11.0 Å². The number of hydrogen-bond acceptors (Lipinski definition) is 4. The molecule has 78 valence electrons. The highest BCUT2D eigenvalue weighted by Crippen LogP contribution is 2.26. The van der Waals surface area contributed by atoms with Crippen LogP contribution < -0.4 is 0 Å². The molecule has 0 aliphatic carbocycles. The van der Waals surface area contributed by atoms with Crippen molar-refractivity contribution in [3.8, 4) is 0 Å². The summed E-state index contributed by atoms with van der Waals surface area (Å²) in [5.41, 5.74) is 0.806. The van der Waals surface area contributed by atoms with Gasteiger partial charge in [-0.3, -0.25) is 0 Å². The highest BCUT2D eigenvalue weighted by Gasteiger charge is 2.21. The lowest BCUT2D eigenvalue weighted by atomic mass is 10.1. The molecule has 15 heavy (non-hydrogen) atoms. The molecule has 0 radical (unpaired) electrons. The molecule has 0 atom stereocenters. The first-order chi connectivity index (χ1) is 7.00. The van der Waals surface area contributed by atoms with Crippen molar-refractivity contribution < 1.29 is 14.3 Å². The van der Waals surface area contributed by atoms with Crippen LogP contribution in [-0.2, 0) is 0 Å². The number of aromatic carboxylic acids is 1. The van der Waals surface area contributed by atoms with Gasteiger partial charge in [-0.15, -0.1) is 0 Å². The SMILES string of the molecule is Cc1oc2nc(Cl)nc(C)c2c1C(=O)O. The van der Waals surface area contributed by atoms with E-state index < -0.39 is 5.97 Å². The van der Waals surface area contributed by atoms with E-state index in [-0.39, 0.29) is 16.6 Å². The summed E-state index contributed by atoms with van der Waals surface area (Å²) in [6, 6.07) is 0. The molecule has 2 aromatic heterocycles. The molecule has 0 aromatic carbocycles. The van der Waals surface area contributed by atoms with Crippen LogP contribution in [-0.4, -0.2) is 21.0 Å². The number of nitrogens with zero attached hydrogens (tertiary/aromatic N) is 2. The summed E-state index contributed by atoms with van der Waals surface area (Å²) in [6.45, 7) is 3.23. The van der Waals surface area contributed by atoms with E-state index >= 15 is 0 Å². The molecule has 0 saturated carbocycles. The van der Waals surface area contributed by atoms with Gasteiger partial charge in [-0.05, 0) is 25.4 Å². The quantitative estimate of drug-likeness (QED) is 0.755. The fourth-order valence-electron chi connectivity index (χ4n) is 1.51. The molecular weight excluding hydrogens is 220 g/mol. The molecular formula is C9H7ClN2O3. The van der Waals surface area contributed by atoms with E-state index in [1.54, 1.807) is 13.8 Å². The summed E-state index contributed by atoms with van der Waals surface area (Å²) in [5, 5.41) is 9.45. The van der Waals surface area contributed by atoms with E-state index in [0.717, 1.165) is 0 Å². The highest BCUT2D eigenvalue weighted by atomic mass is 35.5. The Hall–Kier alpha value is -1.62. The molecule has 1 N–H and O–H groups in total. The number of carboxylic acids is 1. The van der Waals surface area contributed by atoms with Crippen molar-refractivity contribution in [3.05, 3.63) is 22.3 Å². The molecule has 0 unspecified atom stereocenters. The normalized spacial score (nSPS) is 10.9. The first kappa shape index (κ1) is 9.92. The third-order valence-corrected chi connectivity index (χ3v) is 2.26. The maximum atomic E-state index is 11.0. The standard InChI is InChI=1S/C9H7ClN2O3/c1-3-5-6(8(13)14)4(2)15-7(5)12-9(10)11-3/h1-2H3,(H,13,14). The smallest absolute Gasteiger partial charge is 0.340 e. The van der Waals surface area contributed by atoms with Gasteiger partial charge in [0.15, 0.2) is 0 Å². The van der Waals surface area contributed by atoms with Gasteiger partial charge in [0.05, 0.1) is 11.1 Å². The predicted molar refractivity (Wildman–Crippen MR) is 53.2 cm³/mol. The Morgan fingerprint density at radius 1 is 1.40 bits per heavy atom. The summed E-state index contributed by atoms with van der Waals surface area (Å²) in [5.74, 6) is -0.752. The van der Waals surface area contributed by atoms with Crippen LogP contribution in [0.25, 0.3) is 11.1 Å². The van der Waals surface area contributed by atoms with E-state index in [4.69, 9.17) is 21.1 Å². The Morgan fingerprint density at radius 3 is 2.67 bits per heavy atom. The van der Waals surface area contributed by atoms with Crippen LogP contribution in [0.3, 0.4) is 0 Å². The lowest BCUT2D eigenvalue weighted by Crippen LogP contribution is -1.99. The number of carboxylic acid groups (broad SMARTS) is 1. The zero-order chi connectivity index (χ0) is 11.2. The minimum absolute atomic E-state index is 0.0469. The van der Waals surface area contributed by atoms with Crippen molar-refractivity contribution in [3.63, 3.8) is 0 Å². The maximum absolute atomic E-state index is 11.0. The zero-order valence-electron chi connectivity index (χ0n) is 8.04. The summed E-state index contributed by atoms with van der Waals surface area (Å²) >= 11 is 5.64. The van der Waals surface area contributed by atoms with Gasteiger partial charge in [-0.2, -0.15) is 4.98 Å². The van der Waals surface area contributed by atoms with Crippen molar-refractivity contribution in [1.29, 1.82) is 0 Å². The van der Waals surface area contributed by atoms with Crippen molar-refractivity contribution in [2.75, 3.05) is 0 Å². The Kier molecular flexibility index (Phi) is 2.12. The number of hydrogen-bond donors (Lipinski definition) is 1. The van der Waals surface area contributed by atoms with E-state index in [2.05, 4.69) is 9.97 Å². The zero-order valence-corrected chi connectivity index (χ0v) is 8.79. The molecule has 0 saturated heterocycles. The van der Waals surface area contributed by atoms with Crippen LogP contribution in [0.1, 0.15) is 21.8 Å². The molecule has 2 rings (SSSR count). The number of halogens is 1. The Morgan fingerprint density at radius 2 is 2.07 bits per heavy atom. The number of fused-ring (bicyclic) bond motifs is 1. The third-order valence-electron chi connectivity index (χ3n) is 2.10. The van der Waals surface area contributed by atoms with Crippen molar-refractivity contribution in [2.45, 2.75) is 13.8 Å². The van der Waals surface area contributed by atoms with Gasteiger partial charge in [-0.25, -0.2) is 9.78 Å². The van der Waals surface area contributed by atoms with Crippen molar-refractivity contribution >= 4 is 28.7 Å². The van der Waals surface area contributed by atoms with Gasteiger partial charge in [0.25, 0.3) is 0 Å². The number of aromatic nitrogens is 2. The van der Waals surface area contributed by atoms with E-state index in [0.29, 0.717) is 16.8 Å². The molecule has 0 spiro atoms. The van der Waals surface area contributed by atoms with E-state index in [1.165, 1.54) is 0 Å². The highest BCUT2D eigenvalue weighted by molar-refractivity contribution is 6.28. The van der Waals surface area contributed by atoms with Crippen LogP contribution in [0.15, 0.2) is 4.42 Å². The molecule has 0 fully saturated rings. The van der Waals surface area contributed by atoms with Crippen LogP contribution in [0.5, 0.6) is 0 Å². The number of furan rings is 1. The second kappa shape index (κ2) is 3.20.